The van der Waals surface area contributed by atoms with Crippen LogP contribution in [0.3, 0.4) is 0 Å². The van der Waals surface area contributed by atoms with E-state index >= 15 is 0 Å². The van der Waals surface area contributed by atoms with E-state index in [1.165, 1.54) is 18.2 Å². The van der Waals surface area contributed by atoms with Gasteiger partial charge in [-0.05, 0) is 18.2 Å². The highest BCUT2D eigenvalue weighted by atomic mass is 35.5. The Hall–Kier alpha value is -1.55. The Labute approximate surface area is 80.2 Å². The molecule has 0 aromatic heterocycles. The molecule has 4 nitrogen and oxygen atoms in total. The molecule has 0 heterocycles. The van der Waals surface area contributed by atoms with Crippen LogP contribution in [0, 0.1) is 0 Å². The van der Waals surface area contributed by atoms with Gasteiger partial charge in [-0.3, -0.25) is 0 Å². The van der Waals surface area contributed by atoms with Crippen LogP contribution in [-0.2, 0) is 0 Å². The first-order valence-corrected chi connectivity index (χ1v) is 3.18. The van der Waals surface area contributed by atoms with Crippen LogP contribution in [0.1, 0.15) is 20.7 Å². The minimum absolute atomic E-state index is 0. The maximum atomic E-state index is 10.4. The van der Waals surface area contributed by atoms with Gasteiger partial charge in [0, 0.05) is 0 Å². The van der Waals surface area contributed by atoms with Gasteiger partial charge < -0.3 is 10.2 Å². The van der Waals surface area contributed by atoms with Gasteiger partial charge >= 0.3 is 11.9 Å². The van der Waals surface area contributed by atoms with Crippen LogP contribution >= 0.6 is 12.4 Å². The van der Waals surface area contributed by atoms with Crippen molar-refractivity contribution in [3.05, 3.63) is 35.4 Å². The SMILES string of the molecule is Cl.O=C(O)c1cccc(C(=O)O)c1. The second kappa shape index (κ2) is 4.47. The van der Waals surface area contributed by atoms with Crippen molar-refractivity contribution in [3.63, 3.8) is 0 Å². The number of benzene rings is 1. The Morgan fingerprint density at radius 3 is 1.69 bits per heavy atom. The Morgan fingerprint density at radius 1 is 1.00 bits per heavy atom. The van der Waals surface area contributed by atoms with Crippen molar-refractivity contribution < 1.29 is 19.8 Å². The second-order valence-corrected chi connectivity index (χ2v) is 2.19. The number of carboxylic acid groups (broad SMARTS) is 2. The van der Waals surface area contributed by atoms with Gasteiger partial charge in [0.2, 0.25) is 0 Å². The third-order valence-electron chi connectivity index (χ3n) is 1.36. The highest BCUT2D eigenvalue weighted by molar-refractivity contribution is 5.93. The van der Waals surface area contributed by atoms with Gasteiger partial charge in [0.15, 0.2) is 0 Å². The molecule has 0 bridgehead atoms. The first kappa shape index (κ1) is 11.4. The molecular formula is C8H7ClO4. The normalized spacial score (nSPS) is 8.62. The molecule has 1 aromatic rings. The number of halogens is 1. The monoisotopic (exact) mass is 202 g/mol. The molecular weight excluding hydrogens is 196 g/mol. The number of hydrogen-bond donors (Lipinski definition) is 2. The first-order valence-electron chi connectivity index (χ1n) is 3.18. The summed E-state index contributed by atoms with van der Waals surface area (Å²) in [4.78, 5) is 20.8. The van der Waals surface area contributed by atoms with E-state index in [9.17, 15) is 9.59 Å². The molecule has 2 N–H and O–H groups in total. The quantitative estimate of drug-likeness (QED) is 0.762. The van der Waals surface area contributed by atoms with Gasteiger partial charge in [-0.15, -0.1) is 12.4 Å². The summed E-state index contributed by atoms with van der Waals surface area (Å²) in [5, 5.41) is 17.0. The fourth-order valence-electron chi connectivity index (χ4n) is 0.785. The number of aromatic carboxylic acids is 2. The molecule has 1 rings (SSSR count). The highest BCUT2D eigenvalue weighted by Crippen LogP contribution is 2.04. The van der Waals surface area contributed by atoms with Crippen molar-refractivity contribution >= 4 is 24.3 Å². The van der Waals surface area contributed by atoms with Crippen LogP contribution in [0.15, 0.2) is 24.3 Å². The topological polar surface area (TPSA) is 74.6 Å². The second-order valence-electron chi connectivity index (χ2n) is 2.19. The zero-order valence-electron chi connectivity index (χ0n) is 6.43. The van der Waals surface area contributed by atoms with Crippen molar-refractivity contribution in [2.45, 2.75) is 0 Å². The first-order chi connectivity index (χ1) is 5.61. The standard InChI is InChI=1S/C8H6O4.ClH/c9-7(10)5-2-1-3-6(4-5)8(11)12;/h1-4H,(H,9,10)(H,11,12);1H. The molecule has 0 fully saturated rings. The number of rotatable bonds is 2. The number of carbonyl (C=O) groups is 2. The molecule has 0 aliphatic heterocycles. The van der Waals surface area contributed by atoms with Crippen molar-refractivity contribution in [1.29, 1.82) is 0 Å². The van der Waals surface area contributed by atoms with Gasteiger partial charge in [-0.2, -0.15) is 0 Å². The van der Waals surface area contributed by atoms with Crippen LogP contribution < -0.4 is 0 Å². The van der Waals surface area contributed by atoms with E-state index in [2.05, 4.69) is 0 Å². The molecule has 0 unspecified atom stereocenters. The highest BCUT2D eigenvalue weighted by Gasteiger charge is 2.06. The van der Waals surface area contributed by atoms with Crippen molar-refractivity contribution in [2.24, 2.45) is 0 Å². The molecule has 0 radical (unpaired) electrons. The molecule has 0 aliphatic carbocycles. The summed E-state index contributed by atoms with van der Waals surface area (Å²) in [5.41, 5.74) is -0.0372. The molecule has 0 amide bonds. The lowest BCUT2D eigenvalue weighted by Gasteiger charge is -1.95. The van der Waals surface area contributed by atoms with Crippen LogP contribution in [0.5, 0.6) is 0 Å². The Morgan fingerprint density at radius 2 is 1.38 bits per heavy atom. The lowest BCUT2D eigenvalue weighted by atomic mass is 10.1. The summed E-state index contributed by atoms with van der Waals surface area (Å²) in [6.07, 6.45) is 0. The van der Waals surface area contributed by atoms with Gasteiger partial charge in [0.05, 0.1) is 11.1 Å². The number of hydrogen-bond acceptors (Lipinski definition) is 2. The van der Waals surface area contributed by atoms with E-state index in [4.69, 9.17) is 10.2 Å². The maximum absolute atomic E-state index is 10.4. The molecule has 0 spiro atoms. The Kier molecular flexibility index (Phi) is 3.94. The smallest absolute Gasteiger partial charge is 0.335 e. The van der Waals surface area contributed by atoms with Crippen LogP contribution in [0.25, 0.3) is 0 Å². The largest absolute Gasteiger partial charge is 0.478 e. The fraction of sp³-hybridized carbons (Fsp3) is 0. The van der Waals surface area contributed by atoms with E-state index < -0.39 is 11.9 Å². The summed E-state index contributed by atoms with van der Waals surface area (Å²) in [5.74, 6) is -2.25. The van der Waals surface area contributed by atoms with Crippen molar-refractivity contribution in [3.8, 4) is 0 Å². The zero-order chi connectivity index (χ0) is 9.14. The predicted octanol–water partition coefficient (Wildman–Crippen LogP) is 1.50. The minimum Gasteiger partial charge on any atom is -0.478 e. The molecule has 0 saturated heterocycles. The third-order valence-corrected chi connectivity index (χ3v) is 1.36. The zero-order valence-corrected chi connectivity index (χ0v) is 7.25. The molecule has 5 heteroatoms. The van der Waals surface area contributed by atoms with Crippen molar-refractivity contribution in [2.75, 3.05) is 0 Å². The van der Waals surface area contributed by atoms with Crippen LogP contribution in [0.2, 0.25) is 0 Å². The fourth-order valence-corrected chi connectivity index (χ4v) is 0.785. The summed E-state index contributed by atoms with van der Waals surface area (Å²) >= 11 is 0. The van der Waals surface area contributed by atoms with Crippen molar-refractivity contribution in [1.82, 2.24) is 0 Å². The van der Waals surface area contributed by atoms with E-state index in [1.54, 1.807) is 0 Å². The van der Waals surface area contributed by atoms with Crippen LogP contribution in [0.4, 0.5) is 0 Å². The van der Waals surface area contributed by atoms with E-state index in [0.29, 0.717) is 0 Å². The molecule has 0 saturated carbocycles. The van der Waals surface area contributed by atoms with Crippen LogP contribution in [-0.4, -0.2) is 22.2 Å². The summed E-state index contributed by atoms with van der Waals surface area (Å²) in [6, 6.07) is 5.20. The van der Waals surface area contributed by atoms with Gasteiger partial charge in [0.25, 0.3) is 0 Å². The van der Waals surface area contributed by atoms with Gasteiger partial charge in [-0.25, -0.2) is 9.59 Å². The molecule has 70 valence electrons. The molecule has 0 aliphatic rings. The van der Waals surface area contributed by atoms with E-state index in [-0.39, 0.29) is 23.5 Å². The maximum Gasteiger partial charge on any atom is 0.335 e. The lowest BCUT2D eigenvalue weighted by Crippen LogP contribution is -2.01. The van der Waals surface area contributed by atoms with E-state index in [1.807, 2.05) is 0 Å². The average molecular weight is 203 g/mol. The summed E-state index contributed by atoms with van der Waals surface area (Å²) in [6.45, 7) is 0. The molecule has 1 aromatic carbocycles. The van der Waals surface area contributed by atoms with E-state index in [0.717, 1.165) is 6.07 Å². The lowest BCUT2D eigenvalue weighted by molar-refractivity contribution is 0.0696. The summed E-state index contributed by atoms with van der Waals surface area (Å²) in [7, 11) is 0. The summed E-state index contributed by atoms with van der Waals surface area (Å²) < 4.78 is 0. The Balaban J connectivity index is 0.00000144. The predicted molar refractivity (Wildman–Crippen MR) is 47.6 cm³/mol. The van der Waals surface area contributed by atoms with Gasteiger partial charge in [0.1, 0.15) is 0 Å². The molecule has 0 atom stereocenters. The Bertz CT molecular complexity index is 305. The minimum atomic E-state index is -1.13. The average Bonchev–Trinajstić information content (AvgIpc) is 2.04. The molecule has 13 heavy (non-hydrogen) atoms. The number of carboxylic acids is 2. The third kappa shape index (κ3) is 2.76. The van der Waals surface area contributed by atoms with Gasteiger partial charge in [-0.1, -0.05) is 6.07 Å².